The average molecular weight is 478 g/mol. The Kier molecular flexibility index (Phi) is 6.38. The van der Waals surface area contributed by atoms with Crippen molar-refractivity contribution < 1.29 is 23.8 Å². The van der Waals surface area contributed by atoms with Crippen LogP contribution in [0.3, 0.4) is 0 Å². The Bertz CT molecular complexity index is 1250. The molecule has 5 rings (SSSR count). The van der Waals surface area contributed by atoms with Gasteiger partial charge < -0.3 is 29.0 Å². The normalized spacial score (nSPS) is 19.6. The van der Waals surface area contributed by atoms with Crippen LogP contribution in [-0.2, 0) is 20.7 Å². The summed E-state index contributed by atoms with van der Waals surface area (Å²) in [6.45, 7) is 3.56. The lowest BCUT2D eigenvalue weighted by molar-refractivity contribution is -0.158. The zero-order valence-electron chi connectivity index (χ0n) is 20.4. The summed E-state index contributed by atoms with van der Waals surface area (Å²) in [5, 5.41) is 1.09. The maximum Gasteiger partial charge on any atom is 0.246 e. The van der Waals surface area contributed by atoms with Crippen LogP contribution < -0.4 is 9.47 Å². The summed E-state index contributed by atoms with van der Waals surface area (Å²) in [4.78, 5) is 34.2. The van der Waals surface area contributed by atoms with Crippen LogP contribution in [0.5, 0.6) is 11.5 Å². The fourth-order valence-corrected chi connectivity index (χ4v) is 5.39. The minimum atomic E-state index is -0.562. The number of H-pyrrole nitrogens is 1. The van der Waals surface area contributed by atoms with Gasteiger partial charge in [-0.1, -0.05) is 24.3 Å². The molecule has 0 saturated carbocycles. The van der Waals surface area contributed by atoms with Crippen molar-refractivity contribution in [1.29, 1.82) is 0 Å². The minimum Gasteiger partial charge on any atom is -0.493 e. The molecular weight excluding hydrogens is 446 g/mol. The third kappa shape index (κ3) is 4.01. The van der Waals surface area contributed by atoms with Gasteiger partial charge in [-0.05, 0) is 42.7 Å². The molecule has 184 valence electrons. The highest BCUT2D eigenvalue weighted by Crippen LogP contribution is 2.44. The summed E-state index contributed by atoms with van der Waals surface area (Å²) in [5.41, 5.74) is 3.90. The molecule has 8 nitrogen and oxygen atoms in total. The van der Waals surface area contributed by atoms with E-state index in [-0.39, 0.29) is 18.4 Å². The second-order valence-corrected chi connectivity index (χ2v) is 8.94. The first-order valence-electron chi connectivity index (χ1n) is 12.1. The zero-order valence-corrected chi connectivity index (χ0v) is 20.4. The third-order valence-electron chi connectivity index (χ3n) is 6.92. The van der Waals surface area contributed by atoms with Gasteiger partial charge in [-0.25, -0.2) is 0 Å². The van der Waals surface area contributed by atoms with Crippen LogP contribution in [0.4, 0.5) is 0 Å². The number of fused-ring (bicyclic) bond motifs is 4. The van der Waals surface area contributed by atoms with Crippen LogP contribution in [0.25, 0.3) is 10.9 Å². The molecule has 2 aliphatic heterocycles. The summed E-state index contributed by atoms with van der Waals surface area (Å²) in [6.07, 6.45) is 1.18. The number of piperazine rings is 1. The Morgan fingerprint density at radius 2 is 1.91 bits per heavy atom. The van der Waals surface area contributed by atoms with E-state index < -0.39 is 12.1 Å². The Morgan fingerprint density at radius 3 is 2.69 bits per heavy atom. The number of nitrogens with one attached hydrogen (secondary N) is 1. The third-order valence-corrected chi connectivity index (χ3v) is 6.92. The number of ether oxygens (including phenoxy) is 3. The minimum absolute atomic E-state index is 0.0143. The molecule has 1 fully saturated rings. The highest BCUT2D eigenvalue weighted by Gasteiger charge is 2.48. The highest BCUT2D eigenvalue weighted by atomic mass is 16.5. The molecule has 3 heterocycles. The number of carbonyl (C=O) groups is 2. The van der Waals surface area contributed by atoms with E-state index in [2.05, 4.69) is 11.1 Å². The van der Waals surface area contributed by atoms with Crippen molar-refractivity contribution in [3.05, 3.63) is 59.3 Å². The number of amides is 2. The first kappa shape index (κ1) is 23.2. The maximum atomic E-state index is 13.6. The van der Waals surface area contributed by atoms with Gasteiger partial charge in [0.2, 0.25) is 11.8 Å². The number of carbonyl (C=O) groups excluding carboxylic acids is 2. The van der Waals surface area contributed by atoms with Gasteiger partial charge in [0.25, 0.3) is 0 Å². The van der Waals surface area contributed by atoms with Crippen LogP contribution in [0.1, 0.15) is 36.2 Å². The Balaban J connectivity index is 1.62. The quantitative estimate of drug-likeness (QED) is 0.504. The van der Waals surface area contributed by atoms with E-state index in [0.717, 1.165) is 27.7 Å². The summed E-state index contributed by atoms with van der Waals surface area (Å²) in [6, 6.07) is 12.8. The molecule has 1 N–H and O–H groups in total. The molecule has 0 aliphatic carbocycles. The largest absolute Gasteiger partial charge is 0.493 e. The van der Waals surface area contributed by atoms with Gasteiger partial charge in [-0.2, -0.15) is 0 Å². The smallest absolute Gasteiger partial charge is 0.246 e. The monoisotopic (exact) mass is 477 g/mol. The van der Waals surface area contributed by atoms with Crippen LogP contribution >= 0.6 is 0 Å². The Morgan fingerprint density at radius 1 is 1.09 bits per heavy atom. The second-order valence-electron chi connectivity index (χ2n) is 8.94. The van der Waals surface area contributed by atoms with Crippen LogP contribution in [0.15, 0.2) is 42.5 Å². The first-order valence-corrected chi connectivity index (χ1v) is 12.1. The number of hydrogen-bond donors (Lipinski definition) is 1. The van der Waals surface area contributed by atoms with Crippen LogP contribution in [0.2, 0.25) is 0 Å². The zero-order chi connectivity index (χ0) is 24.5. The molecule has 2 amide bonds. The predicted octanol–water partition coefficient (Wildman–Crippen LogP) is 3.30. The number of methoxy groups -OCH3 is 2. The number of para-hydroxylation sites is 1. The van der Waals surface area contributed by atoms with Crippen molar-refractivity contribution in [3.8, 4) is 11.5 Å². The molecule has 1 saturated heterocycles. The Hall–Kier alpha value is -3.52. The van der Waals surface area contributed by atoms with Crippen LogP contribution in [-0.4, -0.2) is 73.2 Å². The number of aromatic amines is 1. The lowest BCUT2D eigenvalue weighted by atomic mass is 9.86. The van der Waals surface area contributed by atoms with Gasteiger partial charge in [0, 0.05) is 43.3 Å². The van der Waals surface area contributed by atoms with Crippen LogP contribution in [0, 0.1) is 0 Å². The summed E-state index contributed by atoms with van der Waals surface area (Å²) in [5.74, 6) is 1.17. The van der Waals surface area contributed by atoms with E-state index in [0.29, 0.717) is 44.1 Å². The van der Waals surface area contributed by atoms with E-state index in [9.17, 15) is 9.59 Å². The molecule has 2 aromatic carbocycles. The summed E-state index contributed by atoms with van der Waals surface area (Å²) < 4.78 is 16.5. The van der Waals surface area contributed by atoms with E-state index in [1.54, 1.807) is 24.0 Å². The van der Waals surface area contributed by atoms with E-state index in [4.69, 9.17) is 14.2 Å². The number of aromatic nitrogens is 1. The molecule has 0 spiro atoms. The Labute approximate surface area is 204 Å². The lowest BCUT2D eigenvalue weighted by Gasteiger charge is -2.47. The van der Waals surface area contributed by atoms with Crippen molar-refractivity contribution in [2.45, 2.75) is 31.8 Å². The van der Waals surface area contributed by atoms with Crippen molar-refractivity contribution in [2.75, 3.05) is 40.5 Å². The number of hydrogen-bond acceptors (Lipinski definition) is 5. The van der Waals surface area contributed by atoms with E-state index in [1.165, 1.54) is 0 Å². The van der Waals surface area contributed by atoms with Gasteiger partial charge >= 0.3 is 0 Å². The lowest BCUT2D eigenvalue weighted by Crippen LogP contribution is -2.63. The number of benzene rings is 2. The first-order chi connectivity index (χ1) is 17.1. The van der Waals surface area contributed by atoms with Gasteiger partial charge in [0.1, 0.15) is 6.04 Å². The van der Waals surface area contributed by atoms with Gasteiger partial charge in [0.05, 0.1) is 26.3 Å². The van der Waals surface area contributed by atoms with E-state index in [1.807, 2.05) is 43.3 Å². The fourth-order valence-electron chi connectivity index (χ4n) is 5.39. The van der Waals surface area contributed by atoms with Crippen molar-refractivity contribution >= 4 is 22.7 Å². The second kappa shape index (κ2) is 9.62. The molecule has 1 aromatic heterocycles. The topological polar surface area (TPSA) is 84.1 Å². The predicted molar refractivity (Wildman–Crippen MR) is 132 cm³/mol. The number of nitrogens with zero attached hydrogens (tertiary/aromatic N) is 2. The number of rotatable bonds is 8. The SMILES string of the molecule is CCOc1ccc([C@H]2c3[nH]c4ccccc4c3C[C@H]3C(=O)N(CCCOC)CC(=O)N23)cc1OC. The molecule has 0 bridgehead atoms. The standard InChI is InChI=1S/C27H31N3O5/c1-4-35-22-11-10-17(14-23(22)34-3)26-25-19(18-8-5-6-9-20(18)28-25)15-21-27(32)29(12-7-13-33-2)16-24(31)30(21)26/h5-6,8-11,14,21,26,28H,4,7,12-13,15-16H2,1-3H3/t21-,26-/m0/s1. The highest BCUT2D eigenvalue weighted by molar-refractivity contribution is 5.97. The van der Waals surface area contributed by atoms with Gasteiger partial charge in [0.15, 0.2) is 11.5 Å². The summed E-state index contributed by atoms with van der Waals surface area (Å²) >= 11 is 0. The molecule has 3 aromatic rings. The van der Waals surface area contributed by atoms with E-state index >= 15 is 0 Å². The maximum absolute atomic E-state index is 13.6. The van der Waals surface area contributed by atoms with Crippen molar-refractivity contribution in [1.82, 2.24) is 14.8 Å². The molecule has 8 heteroatoms. The average Bonchev–Trinajstić information content (AvgIpc) is 3.24. The van der Waals surface area contributed by atoms with Gasteiger partial charge in [-0.3, -0.25) is 9.59 Å². The van der Waals surface area contributed by atoms with Gasteiger partial charge in [-0.15, -0.1) is 0 Å². The molecule has 35 heavy (non-hydrogen) atoms. The molecule has 0 unspecified atom stereocenters. The van der Waals surface area contributed by atoms with Crippen molar-refractivity contribution in [2.24, 2.45) is 0 Å². The molecular formula is C27H31N3O5. The molecule has 0 radical (unpaired) electrons. The molecule has 2 atom stereocenters. The van der Waals surface area contributed by atoms with Crippen molar-refractivity contribution in [3.63, 3.8) is 0 Å². The summed E-state index contributed by atoms with van der Waals surface area (Å²) in [7, 11) is 3.24. The molecule has 2 aliphatic rings. The fraction of sp³-hybridized carbons (Fsp3) is 0.407.